The van der Waals surface area contributed by atoms with Gasteiger partial charge in [-0.2, -0.15) is 4.31 Å². The Morgan fingerprint density at radius 2 is 2.29 bits per heavy atom. The molecule has 2 aromatic rings. The van der Waals surface area contributed by atoms with Crippen LogP contribution in [0.25, 0.3) is 0 Å². The normalized spacial score (nSPS) is 11.8. The summed E-state index contributed by atoms with van der Waals surface area (Å²) in [6.07, 6.45) is 1.46. The lowest BCUT2D eigenvalue weighted by Gasteiger charge is -2.17. The number of hydrogen-bond donors (Lipinski definition) is 1. The largest absolute Gasteiger partial charge is 0.388 e. The Bertz CT molecular complexity index is 774. The molecule has 0 aliphatic heterocycles. The minimum Gasteiger partial charge on any atom is -0.388 e. The first-order valence-corrected chi connectivity index (χ1v) is 9.28. The Labute approximate surface area is 141 Å². The van der Waals surface area contributed by atoms with Gasteiger partial charge in [-0.3, -0.25) is 4.98 Å². The van der Waals surface area contributed by atoms with Gasteiger partial charge in [0.2, 0.25) is 10.0 Å². The van der Waals surface area contributed by atoms with Gasteiger partial charge < -0.3 is 5.73 Å². The smallest absolute Gasteiger partial charge is 0.245 e. The number of hydrogen-bond acceptors (Lipinski definition) is 5. The van der Waals surface area contributed by atoms with Gasteiger partial charge in [0.1, 0.15) is 15.6 Å². The van der Waals surface area contributed by atoms with Crippen LogP contribution < -0.4 is 5.73 Å². The minimum atomic E-state index is -3.71. The Hall–Kier alpha value is -0.870. The fourth-order valence-electron chi connectivity index (χ4n) is 1.69. The first kappa shape index (κ1) is 16.5. The lowest BCUT2D eigenvalue weighted by atomic mass is 10.3. The van der Waals surface area contributed by atoms with Crippen LogP contribution >= 0.6 is 39.5 Å². The number of thiophene rings is 1. The highest BCUT2D eigenvalue weighted by Crippen LogP contribution is 2.24. The van der Waals surface area contributed by atoms with Crippen LogP contribution in [0.4, 0.5) is 0 Å². The van der Waals surface area contributed by atoms with E-state index in [0.717, 1.165) is 9.35 Å². The molecule has 0 saturated carbocycles. The fraction of sp³-hybridized carbons (Fsp3) is 0.167. The number of sulfonamides is 1. The summed E-state index contributed by atoms with van der Waals surface area (Å²) in [5.74, 6) is 0. The molecule has 0 saturated heterocycles. The summed E-state index contributed by atoms with van der Waals surface area (Å²) in [6, 6.07) is 4.89. The fourth-order valence-corrected chi connectivity index (χ4v) is 4.81. The number of nitrogens with two attached hydrogens (primary N) is 1. The van der Waals surface area contributed by atoms with E-state index < -0.39 is 10.0 Å². The monoisotopic (exact) mass is 405 g/mol. The van der Waals surface area contributed by atoms with Crippen molar-refractivity contribution in [3.8, 4) is 0 Å². The Kier molecular flexibility index (Phi) is 5.10. The molecule has 2 N–H and O–H groups in total. The number of halogens is 1. The number of aromatic nitrogens is 1. The van der Waals surface area contributed by atoms with Crippen LogP contribution in [-0.4, -0.2) is 29.7 Å². The van der Waals surface area contributed by atoms with Crippen LogP contribution in [0.15, 0.2) is 39.1 Å². The molecule has 9 heteroatoms. The summed E-state index contributed by atoms with van der Waals surface area (Å²) in [5.41, 5.74) is 5.67. The van der Waals surface area contributed by atoms with Crippen molar-refractivity contribution in [3.63, 3.8) is 0 Å². The molecule has 0 aromatic carbocycles. The molecule has 0 aliphatic carbocycles. The quantitative estimate of drug-likeness (QED) is 0.772. The topological polar surface area (TPSA) is 76.3 Å². The molecule has 0 fully saturated rings. The first-order chi connectivity index (χ1) is 9.82. The van der Waals surface area contributed by atoms with Gasteiger partial charge in [-0.15, -0.1) is 11.3 Å². The van der Waals surface area contributed by atoms with Crippen LogP contribution in [0.3, 0.4) is 0 Å². The average Bonchev–Trinajstić information content (AvgIpc) is 2.84. The van der Waals surface area contributed by atoms with E-state index in [4.69, 9.17) is 18.0 Å². The molecule has 0 spiro atoms. The Morgan fingerprint density at radius 3 is 2.86 bits per heavy atom. The molecule has 0 unspecified atom stereocenters. The molecule has 112 valence electrons. The first-order valence-electron chi connectivity index (χ1n) is 5.76. The maximum atomic E-state index is 12.6. The molecule has 2 aromatic heterocycles. The standard InChI is InChI=1S/C12H12BrN3O2S3/c1-16(6-9-5-8(13)7-20-9)21(17,18)10-3-2-4-15-11(10)12(14)19/h2-5,7H,6H2,1H3,(H2,14,19). The highest BCUT2D eigenvalue weighted by atomic mass is 79.9. The van der Waals surface area contributed by atoms with E-state index in [1.165, 1.54) is 35.0 Å². The van der Waals surface area contributed by atoms with Gasteiger partial charge in [0, 0.05) is 34.5 Å². The summed E-state index contributed by atoms with van der Waals surface area (Å²) < 4.78 is 27.4. The zero-order valence-electron chi connectivity index (χ0n) is 11.0. The molecular formula is C12H12BrN3O2S3. The van der Waals surface area contributed by atoms with Crippen molar-refractivity contribution in [1.82, 2.24) is 9.29 Å². The van der Waals surface area contributed by atoms with E-state index in [0.29, 0.717) is 0 Å². The van der Waals surface area contributed by atoms with Crippen LogP contribution in [0.5, 0.6) is 0 Å². The highest BCUT2D eigenvalue weighted by molar-refractivity contribution is 9.10. The number of nitrogens with zero attached hydrogens (tertiary/aromatic N) is 2. The maximum Gasteiger partial charge on any atom is 0.245 e. The molecule has 0 bridgehead atoms. The third-order valence-electron chi connectivity index (χ3n) is 2.69. The van der Waals surface area contributed by atoms with E-state index in [1.54, 1.807) is 6.07 Å². The molecule has 2 heterocycles. The van der Waals surface area contributed by atoms with E-state index in [9.17, 15) is 8.42 Å². The Balaban J connectivity index is 2.35. The van der Waals surface area contributed by atoms with Gasteiger partial charge in [0.25, 0.3) is 0 Å². The molecule has 5 nitrogen and oxygen atoms in total. The van der Waals surface area contributed by atoms with Crippen LogP contribution in [0.2, 0.25) is 0 Å². The summed E-state index contributed by atoms with van der Waals surface area (Å²) in [7, 11) is -2.20. The van der Waals surface area contributed by atoms with Gasteiger partial charge in [0.15, 0.2) is 0 Å². The van der Waals surface area contributed by atoms with Crippen molar-refractivity contribution < 1.29 is 8.42 Å². The zero-order chi connectivity index (χ0) is 15.6. The third kappa shape index (κ3) is 3.67. The summed E-state index contributed by atoms with van der Waals surface area (Å²) in [4.78, 5) is 4.87. The summed E-state index contributed by atoms with van der Waals surface area (Å²) in [6.45, 7) is 0.268. The van der Waals surface area contributed by atoms with E-state index in [2.05, 4.69) is 20.9 Å². The molecule has 0 atom stereocenters. The minimum absolute atomic E-state index is 0.0237. The van der Waals surface area contributed by atoms with Crippen molar-refractivity contribution in [2.75, 3.05) is 7.05 Å². The van der Waals surface area contributed by atoms with Crippen LogP contribution in [0, 0.1) is 0 Å². The Morgan fingerprint density at radius 1 is 1.57 bits per heavy atom. The van der Waals surface area contributed by atoms with Gasteiger partial charge in [0.05, 0.1) is 0 Å². The second-order valence-corrected chi connectivity index (χ2v) is 8.57. The predicted molar refractivity (Wildman–Crippen MR) is 90.8 cm³/mol. The van der Waals surface area contributed by atoms with Crippen molar-refractivity contribution >= 4 is 54.5 Å². The van der Waals surface area contributed by atoms with Crippen LogP contribution in [0.1, 0.15) is 10.6 Å². The molecule has 0 amide bonds. The van der Waals surface area contributed by atoms with E-state index in [-0.39, 0.29) is 22.1 Å². The lowest BCUT2D eigenvalue weighted by Crippen LogP contribution is -2.29. The molecular weight excluding hydrogens is 394 g/mol. The predicted octanol–water partition coefficient (Wildman–Crippen LogP) is 2.36. The second-order valence-electron chi connectivity index (χ2n) is 4.21. The number of thiocarbonyl (C=S) groups is 1. The van der Waals surface area contributed by atoms with Crippen molar-refractivity contribution in [3.05, 3.63) is 44.8 Å². The second kappa shape index (κ2) is 6.49. The summed E-state index contributed by atoms with van der Waals surface area (Å²) in [5, 5.41) is 1.90. The molecule has 21 heavy (non-hydrogen) atoms. The third-order valence-corrected chi connectivity index (χ3v) is 6.40. The zero-order valence-corrected chi connectivity index (χ0v) is 15.0. The van der Waals surface area contributed by atoms with Gasteiger partial charge in [-0.1, -0.05) is 12.2 Å². The van der Waals surface area contributed by atoms with E-state index >= 15 is 0 Å². The maximum absolute atomic E-state index is 12.6. The van der Waals surface area contributed by atoms with E-state index in [1.807, 2.05) is 11.4 Å². The number of pyridine rings is 1. The molecule has 0 aliphatic rings. The van der Waals surface area contributed by atoms with Gasteiger partial charge in [-0.05, 0) is 34.1 Å². The van der Waals surface area contributed by atoms with Gasteiger partial charge in [-0.25, -0.2) is 8.42 Å². The van der Waals surface area contributed by atoms with Crippen LogP contribution in [-0.2, 0) is 16.6 Å². The lowest BCUT2D eigenvalue weighted by molar-refractivity contribution is 0.469. The molecule has 2 rings (SSSR count). The summed E-state index contributed by atoms with van der Waals surface area (Å²) >= 11 is 9.69. The molecule has 0 radical (unpaired) electrons. The van der Waals surface area contributed by atoms with Crippen molar-refractivity contribution in [1.29, 1.82) is 0 Å². The average molecular weight is 406 g/mol. The highest BCUT2D eigenvalue weighted by Gasteiger charge is 2.25. The number of rotatable bonds is 5. The van der Waals surface area contributed by atoms with Crippen molar-refractivity contribution in [2.45, 2.75) is 11.4 Å². The SMILES string of the molecule is CN(Cc1cc(Br)cs1)S(=O)(=O)c1cccnc1C(N)=S. The van der Waals surface area contributed by atoms with Crippen molar-refractivity contribution in [2.24, 2.45) is 5.73 Å². The van der Waals surface area contributed by atoms with Gasteiger partial charge >= 0.3 is 0 Å².